The molecule has 0 aliphatic carbocycles. The molecular weight excluding hydrogens is 398 g/mol. The quantitative estimate of drug-likeness (QED) is 0.709. The fourth-order valence-electron chi connectivity index (χ4n) is 3.22. The van der Waals surface area contributed by atoms with Crippen molar-refractivity contribution < 1.29 is 27.5 Å². The van der Waals surface area contributed by atoms with Gasteiger partial charge in [0.2, 0.25) is 5.91 Å². The molecule has 29 heavy (non-hydrogen) atoms. The number of esters is 1. The molecule has 0 unspecified atom stereocenters. The van der Waals surface area contributed by atoms with Crippen LogP contribution in [0.15, 0.2) is 29.4 Å². The Morgan fingerprint density at radius 1 is 1.31 bits per heavy atom. The highest BCUT2D eigenvalue weighted by Gasteiger charge is 2.37. The topological polar surface area (TPSA) is 122 Å². The standard InChI is InChI=1S/C19H23N3O6S/c1-12-4-3-5-14(10-12)20-18(24)13(2)28-19(25)16-6-7-17(23)22(21-16)15-8-9-29(26,27)11-15/h3-5,10,13,15H,6-9,11H2,1-2H3,(H,20,24)/t13-,15+/m1/s1. The van der Waals surface area contributed by atoms with E-state index in [9.17, 15) is 22.8 Å². The van der Waals surface area contributed by atoms with E-state index in [1.54, 1.807) is 18.2 Å². The fraction of sp³-hybridized carbons (Fsp3) is 0.474. The first kappa shape index (κ1) is 21.0. The van der Waals surface area contributed by atoms with Crippen LogP contribution in [-0.2, 0) is 29.0 Å². The van der Waals surface area contributed by atoms with E-state index in [1.165, 1.54) is 6.92 Å². The number of sulfone groups is 1. The molecule has 1 aromatic rings. The van der Waals surface area contributed by atoms with Gasteiger partial charge >= 0.3 is 5.97 Å². The second-order valence-electron chi connectivity index (χ2n) is 7.25. The minimum atomic E-state index is -3.20. The number of nitrogens with one attached hydrogen (secondary N) is 1. The highest BCUT2D eigenvalue weighted by atomic mass is 32.2. The number of nitrogens with zero attached hydrogens (tertiary/aromatic N) is 2. The predicted molar refractivity (Wildman–Crippen MR) is 106 cm³/mol. The maximum absolute atomic E-state index is 12.4. The summed E-state index contributed by atoms with van der Waals surface area (Å²) in [6.07, 6.45) is -0.660. The third-order valence-corrected chi connectivity index (χ3v) is 6.54. The molecular formula is C19H23N3O6S. The van der Waals surface area contributed by atoms with Crippen molar-refractivity contribution in [2.45, 2.75) is 45.3 Å². The van der Waals surface area contributed by atoms with Gasteiger partial charge in [-0.2, -0.15) is 5.10 Å². The number of hydrogen-bond donors (Lipinski definition) is 1. The molecule has 1 N–H and O–H groups in total. The summed E-state index contributed by atoms with van der Waals surface area (Å²) in [5.41, 5.74) is 1.57. The highest BCUT2D eigenvalue weighted by molar-refractivity contribution is 7.91. The van der Waals surface area contributed by atoms with Gasteiger partial charge in [0.05, 0.1) is 17.5 Å². The lowest BCUT2D eigenvalue weighted by atomic mass is 10.1. The molecule has 0 saturated carbocycles. The number of benzene rings is 1. The summed E-state index contributed by atoms with van der Waals surface area (Å²) >= 11 is 0. The van der Waals surface area contributed by atoms with Crippen molar-refractivity contribution in [1.82, 2.24) is 5.01 Å². The van der Waals surface area contributed by atoms with Crippen molar-refractivity contribution in [3.8, 4) is 0 Å². The van der Waals surface area contributed by atoms with Crippen LogP contribution in [0.1, 0.15) is 31.7 Å². The Kier molecular flexibility index (Phi) is 6.02. The Morgan fingerprint density at radius 2 is 2.07 bits per heavy atom. The molecule has 1 fully saturated rings. The lowest BCUT2D eigenvalue weighted by Gasteiger charge is -2.27. The van der Waals surface area contributed by atoms with Gasteiger partial charge in [-0.3, -0.25) is 9.59 Å². The largest absolute Gasteiger partial charge is 0.448 e. The van der Waals surface area contributed by atoms with Crippen LogP contribution in [0.5, 0.6) is 0 Å². The van der Waals surface area contributed by atoms with Crippen molar-refractivity contribution in [3.63, 3.8) is 0 Å². The Bertz CT molecular complexity index is 972. The van der Waals surface area contributed by atoms with Crippen LogP contribution in [0.4, 0.5) is 5.69 Å². The van der Waals surface area contributed by atoms with Crippen LogP contribution in [0.25, 0.3) is 0 Å². The summed E-state index contributed by atoms with van der Waals surface area (Å²) in [6.45, 7) is 3.34. The molecule has 2 aliphatic rings. The number of amides is 2. The first-order valence-electron chi connectivity index (χ1n) is 9.33. The second kappa shape index (κ2) is 8.32. The number of carbonyl (C=O) groups excluding carboxylic acids is 3. The SMILES string of the molecule is Cc1cccc(NC(=O)[C@@H](C)OC(=O)C2=NN([C@H]3CCS(=O)(=O)C3)C(=O)CC2)c1. The van der Waals surface area contributed by atoms with Gasteiger partial charge in [-0.05, 0) is 38.0 Å². The summed E-state index contributed by atoms with van der Waals surface area (Å²) in [5.74, 6) is -1.79. The summed E-state index contributed by atoms with van der Waals surface area (Å²) < 4.78 is 28.6. The molecule has 2 amide bonds. The van der Waals surface area contributed by atoms with Gasteiger partial charge in [-0.25, -0.2) is 18.2 Å². The lowest BCUT2D eigenvalue weighted by molar-refractivity contribution is -0.147. The van der Waals surface area contributed by atoms with E-state index in [-0.39, 0.29) is 42.4 Å². The normalized spacial score (nSPS) is 22.0. The second-order valence-corrected chi connectivity index (χ2v) is 9.48. The van der Waals surface area contributed by atoms with Gasteiger partial charge in [-0.15, -0.1) is 0 Å². The van der Waals surface area contributed by atoms with Crippen LogP contribution in [0.3, 0.4) is 0 Å². The zero-order valence-electron chi connectivity index (χ0n) is 16.3. The average molecular weight is 421 g/mol. The van der Waals surface area contributed by atoms with Gasteiger partial charge < -0.3 is 10.1 Å². The average Bonchev–Trinajstić information content (AvgIpc) is 3.01. The Balaban J connectivity index is 1.63. The molecule has 0 bridgehead atoms. The summed E-state index contributed by atoms with van der Waals surface area (Å²) in [6, 6.07) is 6.63. The third-order valence-electron chi connectivity index (χ3n) is 4.79. The fourth-order valence-corrected chi connectivity index (χ4v) is 4.91. The molecule has 9 nitrogen and oxygen atoms in total. The monoisotopic (exact) mass is 421 g/mol. The van der Waals surface area contributed by atoms with E-state index in [1.807, 2.05) is 13.0 Å². The summed E-state index contributed by atoms with van der Waals surface area (Å²) in [5, 5.41) is 7.81. The van der Waals surface area contributed by atoms with Crippen LogP contribution in [0, 0.1) is 6.92 Å². The molecule has 0 spiro atoms. The van der Waals surface area contributed by atoms with E-state index in [0.717, 1.165) is 10.6 Å². The molecule has 10 heteroatoms. The van der Waals surface area contributed by atoms with Crippen molar-refractivity contribution in [2.75, 3.05) is 16.8 Å². The number of ether oxygens (including phenoxy) is 1. The molecule has 0 radical (unpaired) electrons. The van der Waals surface area contributed by atoms with Gasteiger partial charge in [0, 0.05) is 18.5 Å². The molecule has 2 atom stereocenters. The predicted octanol–water partition coefficient (Wildman–Crippen LogP) is 1.03. The number of hydrazone groups is 1. The smallest absolute Gasteiger partial charge is 0.355 e. The van der Waals surface area contributed by atoms with Gasteiger partial charge in [0.1, 0.15) is 5.71 Å². The Hall–Kier alpha value is -2.75. The van der Waals surface area contributed by atoms with Gasteiger partial charge in [0.25, 0.3) is 5.91 Å². The maximum atomic E-state index is 12.4. The van der Waals surface area contributed by atoms with Crippen LogP contribution in [0.2, 0.25) is 0 Å². The van der Waals surface area contributed by atoms with Crippen molar-refractivity contribution in [3.05, 3.63) is 29.8 Å². The molecule has 2 aliphatic heterocycles. The van der Waals surface area contributed by atoms with E-state index in [2.05, 4.69) is 10.4 Å². The first-order valence-corrected chi connectivity index (χ1v) is 11.2. The molecule has 156 valence electrons. The Morgan fingerprint density at radius 3 is 2.72 bits per heavy atom. The first-order chi connectivity index (χ1) is 13.6. The molecule has 1 saturated heterocycles. The van der Waals surface area contributed by atoms with Crippen molar-refractivity contribution in [1.29, 1.82) is 0 Å². The van der Waals surface area contributed by atoms with Gasteiger partial charge in [-0.1, -0.05) is 12.1 Å². The summed E-state index contributed by atoms with van der Waals surface area (Å²) in [4.78, 5) is 36.8. The lowest BCUT2D eigenvalue weighted by Crippen LogP contribution is -2.42. The minimum Gasteiger partial charge on any atom is -0.448 e. The number of rotatable bonds is 5. The third kappa shape index (κ3) is 5.20. The molecule has 2 heterocycles. The zero-order valence-corrected chi connectivity index (χ0v) is 17.1. The van der Waals surface area contributed by atoms with E-state index in [0.29, 0.717) is 5.69 Å². The maximum Gasteiger partial charge on any atom is 0.355 e. The summed E-state index contributed by atoms with van der Waals surface area (Å²) in [7, 11) is -3.20. The number of aryl methyl sites for hydroxylation is 1. The zero-order chi connectivity index (χ0) is 21.2. The minimum absolute atomic E-state index is 0.00380. The van der Waals surface area contributed by atoms with Gasteiger partial charge in [0.15, 0.2) is 15.9 Å². The van der Waals surface area contributed by atoms with Crippen LogP contribution in [-0.4, -0.2) is 60.6 Å². The molecule has 0 aromatic heterocycles. The van der Waals surface area contributed by atoms with E-state index < -0.39 is 33.9 Å². The molecule has 3 rings (SSSR count). The van der Waals surface area contributed by atoms with Crippen molar-refractivity contribution >= 4 is 39.0 Å². The Labute approximate surface area is 169 Å². The van der Waals surface area contributed by atoms with Crippen LogP contribution < -0.4 is 5.32 Å². The highest BCUT2D eigenvalue weighted by Crippen LogP contribution is 2.22. The van der Waals surface area contributed by atoms with E-state index in [4.69, 9.17) is 4.74 Å². The van der Waals surface area contributed by atoms with Crippen molar-refractivity contribution in [2.24, 2.45) is 5.10 Å². The van der Waals surface area contributed by atoms with E-state index >= 15 is 0 Å². The number of anilines is 1. The number of hydrogen-bond acceptors (Lipinski definition) is 7. The molecule has 1 aromatic carbocycles. The van der Waals surface area contributed by atoms with Crippen LogP contribution >= 0.6 is 0 Å². The number of carbonyl (C=O) groups is 3.